The van der Waals surface area contributed by atoms with Gasteiger partial charge in [-0.25, -0.2) is 8.78 Å². The fourth-order valence-corrected chi connectivity index (χ4v) is 4.36. The number of hydrogen-bond donors (Lipinski definition) is 1. The number of aliphatic hydroxyl groups excluding tert-OH is 1. The molecule has 0 amide bonds. The predicted molar refractivity (Wildman–Crippen MR) is 78.9 cm³/mol. The fourth-order valence-electron chi connectivity index (χ4n) is 4.36. The van der Waals surface area contributed by atoms with Crippen LogP contribution in [0, 0.1) is 29.4 Å². The van der Waals surface area contributed by atoms with E-state index >= 15 is 0 Å². The van der Waals surface area contributed by atoms with Gasteiger partial charge in [0.25, 0.3) is 0 Å². The zero-order valence-electron chi connectivity index (χ0n) is 12.4. The Labute approximate surface area is 125 Å². The molecule has 0 bridgehead atoms. The van der Waals surface area contributed by atoms with Crippen molar-refractivity contribution in [1.29, 1.82) is 0 Å². The first-order valence-corrected chi connectivity index (χ1v) is 8.26. The Morgan fingerprint density at radius 1 is 1.05 bits per heavy atom. The van der Waals surface area contributed by atoms with Gasteiger partial charge in [0.1, 0.15) is 0 Å². The lowest BCUT2D eigenvalue weighted by molar-refractivity contribution is 0.0356. The summed E-state index contributed by atoms with van der Waals surface area (Å²) < 4.78 is 26.9. The highest BCUT2D eigenvalue weighted by atomic mass is 19.2. The van der Waals surface area contributed by atoms with Crippen LogP contribution in [0.1, 0.15) is 50.5 Å². The maximum absolute atomic E-state index is 13.7. The fraction of sp³-hybridized carbons (Fsp3) is 0.667. The summed E-state index contributed by atoms with van der Waals surface area (Å²) in [6, 6.07) is 4.21. The molecule has 0 heterocycles. The molecule has 1 nitrogen and oxygen atoms in total. The zero-order valence-corrected chi connectivity index (χ0v) is 12.4. The van der Waals surface area contributed by atoms with Gasteiger partial charge in [-0.05, 0) is 48.6 Å². The molecule has 2 aliphatic carbocycles. The van der Waals surface area contributed by atoms with Crippen LogP contribution in [-0.4, -0.2) is 11.2 Å². The Bertz CT molecular complexity index is 488. The molecule has 1 aromatic rings. The first kappa shape index (κ1) is 15.0. The van der Waals surface area contributed by atoms with Crippen LogP contribution in [0.3, 0.4) is 0 Å². The number of fused-ring (bicyclic) bond motifs is 1. The number of halogens is 2. The molecule has 0 spiro atoms. The van der Waals surface area contributed by atoms with E-state index in [9.17, 15) is 13.9 Å². The van der Waals surface area contributed by atoms with Crippen molar-refractivity contribution >= 4 is 0 Å². The standard InChI is InChI=1S/C18H24F2O/c19-16-7-3-6-15(18(16)20)11-17(21)14-9-8-12-4-1-2-5-13(12)10-14/h3,6-7,12-14,17,21H,1-2,4-5,8-11H2. The molecule has 0 aliphatic heterocycles. The van der Waals surface area contributed by atoms with Crippen molar-refractivity contribution in [3.05, 3.63) is 35.4 Å². The molecule has 3 rings (SSSR count). The Kier molecular flexibility index (Phi) is 4.58. The quantitative estimate of drug-likeness (QED) is 0.871. The van der Waals surface area contributed by atoms with Crippen LogP contribution in [-0.2, 0) is 6.42 Å². The molecule has 4 unspecified atom stereocenters. The van der Waals surface area contributed by atoms with Crippen molar-refractivity contribution < 1.29 is 13.9 Å². The lowest BCUT2D eigenvalue weighted by Gasteiger charge is -2.40. The average Bonchev–Trinajstić information content (AvgIpc) is 2.51. The topological polar surface area (TPSA) is 20.2 Å². The van der Waals surface area contributed by atoms with E-state index in [-0.39, 0.29) is 12.3 Å². The van der Waals surface area contributed by atoms with Gasteiger partial charge in [0.05, 0.1) is 6.10 Å². The van der Waals surface area contributed by atoms with Crippen LogP contribution in [0.2, 0.25) is 0 Å². The molecule has 2 fully saturated rings. The molecule has 2 aliphatic rings. The first-order valence-electron chi connectivity index (χ1n) is 8.26. The Balaban J connectivity index is 1.63. The third-order valence-corrected chi connectivity index (χ3v) is 5.59. The second-order valence-corrected chi connectivity index (χ2v) is 6.86. The maximum atomic E-state index is 13.7. The predicted octanol–water partition coefficient (Wildman–Crippen LogP) is 4.47. The maximum Gasteiger partial charge on any atom is 0.162 e. The van der Waals surface area contributed by atoms with Gasteiger partial charge in [-0.3, -0.25) is 0 Å². The monoisotopic (exact) mass is 294 g/mol. The molecule has 0 saturated heterocycles. The number of aliphatic hydroxyl groups is 1. The summed E-state index contributed by atoms with van der Waals surface area (Å²) >= 11 is 0. The number of benzene rings is 1. The summed E-state index contributed by atoms with van der Waals surface area (Å²) in [5, 5.41) is 10.4. The first-order chi connectivity index (χ1) is 10.1. The normalized spacial score (nSPS) is 30.7. The van der Waals surface area contributed by atoms with E-state index in [4.69, 9.17) is 0 Å². The van der Waals surface area contributed by atoms with Crippen molar-refractivity contribution in [2.45, 2.75) is 57.5 Å². The van der Waals surface area contributed by atoms with Gasteiger partial charge >= 0.3 is 0 Å². The largest absolute Gasteiger partial charge is 0.392 e. The highest BCUT2D eigenvalue weighted by molar-refractivity contribution is 5.19. The molecule has 1 aromatic carbocycles. The van der Waals surface area contributed by atoms with E-state index in [1.54, 1.807) is 6.07 Å². The van der Waals surface area contributed by atoms with E-state index < -0.39 is 17.7 Å². The molecule has 2 saturated carbocycles. The van der Waals surface area contributed by atoms with Crippen molar-refractivity contribution in [1.82, 2.24) is 0 Å². The summed E-state index contributed by atoms with van der Waals surface area (Å²) in [7, 11) is 0. The van der Waals surface area contributed by atoms with E-state index in [0.717, 1.165) is 30.7 Å². The Morgan fingerprint density at radius 3 is 2.62 bits per heavy atom. The third-order valence-electron chi connectivity index (χ3n) is 5.59. The van der Waals surface area contributed by atoms with E-state index in [1.165, 1.54) is 38.2 Å². The summed E-state index contributed by atoms with van der Waals surface area (Å²) in [4.78, 5) is 0. The van der Waals surface area contributed by atoms with Gasteiger partial charge in [0.15, 0.2) is 11.6 Å². The lowest BCUT2D eigenvalue weighted by Crippen LogP contribution is -2.34. The SMILES string of the molecule is OC(Cc1cccc(F)c1F)C1CCC2CCCCC2C1. The average molecular weight is 294 g/mol. The molecular formula is C18H24F2O. The van der Waals surface area contributed by atoms with Gasteiger partial charge < -0.3 is 5.11 Å². The minimum absolute atomic E-state index is 0.228. The van der Waals surface area contributed by atoms with Crippen LogP contribution in [0.5, 0.6) is 0 Å². The molecule has 4 atom stereocenters. The van der Waals surface area contributed by atoms with Gasteiger partial charge in [-0.15, -0.1) is 0 Å². The second-order valence-electron chi connectivity index (χ2n) is 6.86. The third kappa shape index (κ3) is 3.28. The minimum Gasteiger partial charge on any atom is -0.392 e. The smallest absolute Gasteiger partial charge is 0.162 e. The molecule has 21 heavy (non-hydrogen) atoms. The van der Waals surface area contributed by atoms with Crippen LogP contribution < -0.4 is 0 Å². The number of rotatable bonds is 3. The van der Waals surface area contributed by atoms with Gasteiger partial charge in [-0.1, -0.05) is 37.8 Å². The molecular weight excluding hydrogens is 270 g/mol. The Morgan fingerprint density at radius 2 is 1.81 bits per heavy atom. The number of hydrogen-bond acceptors (Lipinski definition) is 1. The molecule has 0 aromatic heterocycles. The van der Waals surface area contributed by atoms with Crippen LogP contribution in [0.4, 0.5) is 8.78 Å². The van der Waals surface area contributed by atoms with E-state index in [0.29, 0.717) is 5.56 Å². The van der Waals surface area contributed by atoms with Crippen LogP contribution in [0.15, 0.2) is 18.2 Å². The molecule has 1 N–H and O–H groups in total. The zero-order chi connectivity index (χ0) is 14.8. The van der Waals surface area contributed by atoms with Crippen LogP contribution >= 0.6 is 0 Å². The molecule has 116 valence electrons. The van der Waals surface area contributed by atoms with Gasteiger partial charge in [-0.2, -0.15) is 0 Å². The summed E-state index contributed by atoms with van der Waals surface area (Å²) in [5.74, 6) is 0.197. The van der Waals surface area contributed by atoms with Crippen LogP contribution in [0.25, 0.3) is 0 Å². The van der Waals surface area contributed by atoms with E-state index in [2.05, 4.69) is 0 Å². The van der Waals surface area contributed by atoms with Gasteiger partial charge in [0, 0.05) is 6.42 Å². The van der Waals surface area contributed by atoms with Crippen molar-refractivity contribution in [3.8, 4) is 0 Å². The summed E-state index contributed by atoms with van der Waals surface area (Å²) in [5.41, 5.74) is 0.299. The van der Waals surface area contributed by atoms with Crippen molar-refractivity contribution in [2.24, 2.45) is 17.8 Å². The van der Waals surface area contributed by atoms with E-state index in [1.807, 2.05) is 0 Å². The molecule has 0 radical (unpaired) electrons. The second kappa shape index (κ2) is 6.43. The summed E-state index contributed by atoms with van der Waals surface area (Å²) in [6.45, 7) is 0. The molecule has 3 heteroatoms. The summed E-state index contributed by atoms with van der Waals surface area (Å²) in [6.07, 6.45) is 8.23. The van der Waals surface area contributed by atoms with Gasteiger partial charge in [0.2, 0.25) is 0 Å². The lowest BCUT2D eigenvalue weighted by atomic mass is 9.66. The highest BCUT2D eigenvalue weighted by Gasteiger charge is 2.35. The highest BCUT2D eigenvalue weighted by Crippen LogP contribution is 2.43. The minimum atomic E-state index is -0.823. The Hall–Kier alpha value is -0.960. The van der Waals surface area contributed by atoms with Crippen molar-refractivity contribution in [2.75, 3.05) is 0 Å². The van der Waals surface area contributed by atoms with Crippen molar-refractivity contribution in [3.63, 3.8) is 0 Å².